The Labute approximate surface area is 165 Å². The number of likely N-dealkylation sites (tertiary alicyclic amines) is 1. The Hall–Kier alpha value is -3.03. The highest BCUT2D eigenvalue weighted by Gasteiger charge is 2.23. The fourth-order valence-corrected chi connectivity index (χ4v) is 3.13. The van der Waals surface area contributed by atoms with Crippen molar-refractivity contribution in [3.8, 4) is 5.75 Å². The van der Waals surface area contributed by atoms with Crippen molar-refractivity contribution >= 4 is 23.5 Å². The van der Waals surface area contributed by atoms with Gasteiger partial charge in [-0.3, -0.25) is 0 Å². The minimum absolute atomic E-state index is 0.232. The van der Waals surface area contributed by atoms with Crippen LogP contribution in [0.3, 0.4) is 0 Å². The molecule has 0 aliphatic carbocycles. The Morgan fingerprint density at radius 3 is 2.57 bits per heavy atom. The van der Waals surface area contributed by atoms with E-state index in [1.807, 2.05) is 44.2 Å². The van der Waals surface area contributed by atoms with Crippen LogP contribution in [0.25, 0.3) is 0 Å². The van der Waals surface area contributed by atoms with Gasteiger partial charge in [-0.25, -0.2) is 9.78 Å². The van der Waals surface area contributed by atoms with E-state index in [1.54, 1.807) is 12.0 Å². The first-order valence-corrected chi connectivity index (χ1v) is 9.52. The van der Waals surface area contributed by atoms with Gasteiger partial charge in [-0.15, -0.1) is 0 Å². The molecule has 0 atom stereocenters. The van der Waals surface area contributed by atoms with E-state index in [2.05, 4.69) is 20.6 Å². The van der Waals surface area contributed by atoms with Crippen LogP contribution in [0, 0.1) is 6.92 Å². The molecule has 0 saturated carbocycles. The molecule has 3 rings (SSSR count). The molecule has 8 nitrogen and oxygen atoms in total. The summed E-state index contributed by atoms with van der Waals surface area (Å²) in [6.45, 7) is 5.52. The zero-order valence-corrected chi connectivity index (χ0v) is 16.6. The topological polar surface area (TPSA) is 88.6 Å². The van der Waals surface area contributed by atoms with Crippen LogP contribution in [0.4, 0.5) is 22.2 Å². The lowest BCUT2D eigenvalue weighted by molar-refractivity contribution is 0.0983. The average molecular weight is 385 g/mol. The standard InChI is InChI=1S/C20H27N5O3/c1-4-28-20(26)25-11-9-16(10-12-25)22-18-13-14(2)21-19(24-18)23-15-5-7-17(27-3)8-6-15/h5-8,13,16H,4,9-12H2,1-3H3,(H2,21,22,23,24). The Morgan fingerprint density at radius 2 is 1.93 bits per heavy atom. The lowest BCUT2D eigenvalue weighted by Crippen LogP contribution is -2.42. The molecule has 0 unspecified atom stereocenters. The number of hydrogen-bond donors (Lipinski definition) is 2. The van der Waals surface area contributed by atoms with Crippen molar-refractivity contribution in [3.05, 3.63) is 36.0 Å². The first kappa shape index (κ1) is 19.7. The van der Waals surface area contributed by atoms with E-state index in [-0.39, 0.29) is 12.1 Å². The van der Waals surface area contributed by atoms with Crippen LogP contribution in [0.15, 0.2) is 30.3 Å². The maximum atomic E-state index is 11.8. The Kier molecular flexibility index (Phi) is 6.52. The minimum atomic E-state index is -0.232. The monoisotopic (exact) mass is 385 g/mol. The fraction of sp³-hybridized carbons (Fsp3) is 0.450. The number of methoxy groups -OCH3 is 1. The van der Waals surface area contributed by atoms with E-state index in [9.17, 15) is 4.79 Å². The predicted octanol–water partition coefficient (Wildman–Crippen LogP) is 3.57. The molecule has 0 spiro atoms. The van der Waals surface area contributed by atoms with Crippen LogP contribution in [-0.4, -0.2) is 53.8 Å². The number of nitrogens with one attached hydrogen (secondary N) is 2. The van der Waals surface area contributed by atoms with Crippen molar-refractivity contribution in [2.45, 2.75) is 32.7 Å². The highest BCUT2D eigenvalue weighted by atomic mass is 16.6. The lowest BCUT2D eigenvalue weighted by atomic mass is 10.1. The number of carbonyl (C=O) groups excluding carboxylic acids is 1. The smallest absolute Gasteiger partial charge is 0.409 e. The number of aryl methyl sites for hydroxylation is 1. The van der Waals surface area contributed by atoms with E-state index in [0.717, 1.165) is 35.8 Å². The van der Waals surface area contributed by atoms with E-state index in [0.29, 0.717) is 25.6 Å². The molecule has 1 amide bonds. The Bertz CT molecular complexity index is 789. The zero-order valence-electron chi connectivity index (χ0n) is 16.6. The van der Waals surface area contributed by atoms with E-state index in [4.69, 9.17) is 9.47 Å². The molecule has 0 bridgehead atoms. The van der Waals surface area contributed by atoms with E-state index >= 15 is 0 Å². The SMILES string of the molecule is CCOC(=O)N1CCC(Nc2cc(C)nc(Nc3ccc(OC)cc3)n2)CC1. The number of rotatable bonds is 6. The van der Waals surface area contributed by atoms with Gasteiger partial charge >= 0.3 is 6.09 Å². The summed E-state index contributed by atoms with van der Waals surface area (Å²) < 4.78 is 10.2. The molecule has 8 heteroatoms. The molecule has 2 aromatic rings. The first-order chi connectivity index (χ1) is 13.6. The highest BCUT2D eigenvalue weighted by molar-refractivity contribution is 5.67. The summed E-state index contributed by atoms with van der Waals surface area (Å²) in [4.78, 5) is 22.6. The summed E-state index contributed by atoms with van der Waals surface area (Å²) >= 11 is 0. The van der Waals surface area contributed by atoms with Crippen molar-refractivity contribution in [1.29, 1.82) is 0 Å². The number of ether oxygens (including phenoxy) is 2. The molecule has 1 aliphatic heterocycles. The number of anilines is 3. The largest absolute Gasteiger partial charge is 0.497 e. The maximum Gasteiger partial charge on any atom is 0.409 e. The third-order valence-electron chi connectivity index (χ3n) is 4.57. The summed E-state index contributed by atoms with van der Waals surface area (Å²) in [5, 5.41) is 6.69. The van der Waals surface area contributed by atoms with Crippen LogP contribution < -0.4 is 15.4 Å². The van der Waals surface area contributed by atoms with Gasteiger partial charge in [0.05, 0.1) is 13.7 Å². The van der Waals surface area contributed by atoms with Gasteiger partial charge in [0.1, 0.15) is 11.6 Å². The number of aromatic nitrogens is 2. The predicted molar refractivity (Wildman–Crippen MR) is 108 cm³/mol. The summed E-state index contributed by atoms with van der Waals surface area (Å²) in [5.41, 5.74) is 1.76. The second-order valence-corrected chi connectivity index (χ2v) is 6.68. The van der Waals surface area contributed by atoms with E-state index in [1.165, 1.54) is 0 Å². The van der Waals surface area contributed by atoms with Crippen LogP contribution >= 0.6 is 0 Å². The van der Waals surface area contributed by atoms with Gasteiger partial charge in [0, 0.05) is 36.6 Å². The van der Waals surface area contributed by atoms with Gasteiger partial charge < -0.3 is 25.0 Å². The molecular formula is C20H27N5O3. The van der Waals surface area contributed by atoms with Crippen molar-refractivity contribution in [1.82, 2.24) is 14.9 Å². The normalized spacial score (nSPS) is 14.5. The number of hydrogen-bond acceptors (Lipinski definition) is 7. The maximum absolute atomic E-state index is 11.8. The molecule has 150 valence electrons. The van der Waals surface area contributed by atoms with Gasteiger partial charge in [-0.1, -0.05) is 0 Å². The van der Waals surface area contributed by atoms with Gasteiger partial charge in [-0.05, 0) is 51.0 Å². The second kappa shape index (κ2) is 9.25. The second-order valence-electron chi connectivity index (χ2n) is 6.68. The number of nitrogens with zero attached hydrogens (tertiary/aromatic N) is 3. The molecule has 1 saturated heterocycles. The van der Waals surface area contributed by atoms with Gasteiger partial charge in [0.2, 0.25) is 5.95 Å². The van der Waals surface area contributed by atoms with Crippen LogP contribution in [0.1, 0.15) is 25.5 Å². The van der Waals surface area contributed by atoms with Crippen LogP contribution in [0.5, 0.6) is 5.75 Å². The summed E-state index contributed by atoms with van der Waals surface area (Å²) in [7, 11) is 1.64. The Balaban J connectivity index is 1.59. The molecule has 1 fully saturated rings. The summed E-state index contributed by atoms with van der Waals surface area (Å²) in [6, 6.07) is 9.79. The molecule has 2 heterocycles. The molecular weight excluding hydrogens is 358 g/mol. The minimum Gasteiger partial charge on any atom is -0.497 e. The number of amides is 1. The Morgan fingerprint density at radius 1 is 1.21 bits per heavy atom. The van der Waals surface area contributed by atoms with E-state index < -0.39 is 0 Å². The quantitative estimate of drug-likeness (QED) is 0.786. The number of benzene rings is 1. The summed E-state index contributed by atoms with van der Waals surface area (Å²) in [5.74, 6) is 2.11. The van der Waals surface area contributed by atoms with Crippen LogP contribution in [0.2, 0.25) is 0 Å². The van der Waals surface area contributed by atoms with Crippen molar-refractivity contribution in [2.75, 3.05) is 37.4 Å². The molecule has 1 aromatic heterocycles. The summed E-state index contributed by atoms with van der Waals surface area (Å²) in [6.07, 6.45) is 1.47. The molecule has 2 N–H and O–H groups in total. The fourth-order valence-electron chi connectivity index (χ4n) is 3.13. The van der Waals surface area contributed by atoms with Gasteiger partial charge in [0.25, 0.3) is 0 Å². The van der Waals surface area contributed by atoms with Gasteiger partial charge in [0.15, 0.2) is 0 Å². The van der Waals surface area contributed by atoms with Crippen molar-refractivity contribution in [3.63, 3.8) is 0 Å². The molecule has 1 aromatic carbocycles. The number of carbonyl (C=O) groups is 1. The van der Waals surface area contributed by atoms with Gasteiger partial charge in [-0.2, -0.15) is 4.98 Å². The van der Waals surface area contributed by atoms with Crippen LogP contribution in [-0.2, 0) is 4.74 Å². The number of piperidine rings is 1. The first-order valence-electron chi connectivity index (χ1n) is 9.52. The van der Waals surface area contributed by atoms with Crippen molar-refractivity contribution < 1.29 is 14.3 Å². The third kappa shape index (κ3) is 5.25. The van der Waals surface area contributed by atoms with Crippen molar-refractivity contribution in [2.24, 2.45) is 0 Å². The highest BCUT2D eigenvalue weighted by Crippen LogP contribution is 2.21. The third-order valence-corrected chi connectivity index (χ3v) is 4.57. The average Bonchev–Trinajstić information content (AvgIpc) is 2.69. The lowest BCUT2D eigenvalue weighted by Gasteiger charge is -2.31. The molecule has 1 aliphatic rings. The molecule has 28 heavy (non-hydrogen) atoms. The zero-order chi connectivity index (χ0) is 19.9. The molecule has 0 radical (unpaired) electrons.